The summed E-state index contributed by atoms with van der Waals surface area (Å²) in [5.41, 5.74) is 3.59. The molecule has 0 aliphatic heterocycles. The Morgan fingerprint density at radius 1 is 1.10 bits per heavy atom. The van der Waals surface area contributed by atoms with Crippen molar-refractivity contribution in [1.29, 1.82) is 0 Å². The zero-order valence-electron chi connectivity index (χ0n) is 18.6. The summed E-state index contributed by atoms with van der Waals surface area (Å²) < 4.78 is 26.9. The molecule has 3 rings (SSSR count). The molecule has 1 aromatic heterocycles. The van der Waals surface area contributed by atoms with Crippen molar-refractivity contribution >= 4 is 22.0 Å². The highest BCUT2D eigenvalue weighted by atomic mass is 32.2. The number of rotatable bonds is 5. The van der Waals surface area contributed by atoms with Crippen LogP contribution in [0.2, 0.25) is 0 Å². The molecule has 0 bridgehead atoms. The molecule has 1 N–H and O–H groups in total. The topological polar surface area (TPSA) is 68.5 Å². The van der Waals surface area contributed by atoms with Crippen LogP contribution < -0.4 is 14.9 Å². The first-order valence-corrected chi connectivity index (χ1v) is 11.1. The molecular weight excluding hydrogens is 398 g/mol. The number of nitrogens with one attached hydrogen (secondary N) is 1. The van der Waals surface area contributed by atoms with Gasteiger partial charge in [-0.1, -0.05) is 6.07 Å². The van der Waals surface area contributed by atoms with E-state index in [2.05, 4.69) is 4.72 Å². The molecule has 2 atom stereocenters. The summed E-state index contributed by atoms with van der Waals surface area (Å²) in [5, 5.41) is 0.537. The maximum absolute atomic E-state index is 13.2. The number of ether oxygens (including phenoxy) is 1. The Bertz CT molecular complexity index is 1160. The molecule has 0 unspecified atom stereocenters. The van der Waals surface area contributed by atoms with Crippen LogP contribution in [0.3, 0.4) is 0 Å². The molecule has 1 heterocycles. The third-order valence-electron chi connectivity index (χ3n) is 5.05. The SMILES string of the molecule is COc1ccc(-c2oc3c([C@@H](C)N[S@](=O)C(C)(C)C)cc(C)cc3c(=O)c2C)cc1. The molecule has 2 aromatic carbocycles. The van der Waals surface area contributed by atoms with Gasteiger partial charge in [0.25, 0.3) is 0 Å². The van der Waals surface area contributed by atoms with Gasteiger partial charge in [-0.25, -0.2) is 8.93 Å². The predicted octanol–water partition coefficient (Wildman–Crippen LogP) is 5.20. The van der Waals surface area contributed by atoms with E-state index < -0.39 is 15.7 Å². The van der Waals surface area contributed by atoms with Crippen LogP contribution in [0, 0.1) is 13.8 Å². The molecule has 0 fully saturated rings. The quantitative estimate of drug-likeness (QED) is 0.608. The van der Waals surface area contributed by atoms with E-state index in [1.165, 1.54) is 0 Å². The van der Waals surface area contributed by atoms with Crippen molar-refractivity contribution in [3.05, 3.63) is 63.3 Å². The summed E-state index contributed by atoms with van der Waals surface area (Å²) in [6.07, 6.45) is 0. The van der Waals surface area contributed by atoms with E-state index in [4.69, 9.17) is 9.15 Å². The van der Waals surface area contributed by atoms with Crippen molar-refractivity contribution in [3.63, 3.8) is 0 Å². The molecular formula is C24H29NO4S. The van der Waals surface area contributed by atoms with Crippen molar-refractivity contribution in [2.75, 3.05) is 7.11 Å². The molecule has 0 aliphatic carbocycles. The fourth-order valence-electron chi connectivity index (χ4n) is 3.31. The van der Waals surface area contributed by atoms with Gasteiger partial charge in [0, 0.05) is 22.7 Å². The highest BCUT2D eigenvalue weighted by molar-refractivity contribution is 7.84. The normalized spacial score (nSPS) is 14.0. The van der Waals surface area contributed by atoms with Crippen molar-refractivity contribution in [2.24, 2.45) is 0 Å². The molecule has 0 spiro atoms. The maximum Gasteiger partial charge on any atom is 0.196 e. The van der Waals surface area contributed by atoms with E-state index in [0.717, 1.165) is 22.4 Å². The Hall–Kier alpha value is -2.44. The van der Waals surface area contributed by atoms with E-state index in [9.17, 15) is 9.00 Å². The zero-order valence-corrected chi connectivity index (χ0v) is 19.4. The average molecular weight is 428 g/mol. The van der Waals surface area contributed by atoms with Gasteiger partial charge in [-0.2, -0.15) is 0 Å². The number of hydrogen-bond acceptors (Lipinski definition) is 4. The summed E-state index contributed by atoms with van der Waals surface area (Å²) in [6, 6.07) is 11.0. The molecule has 3 aromatic rings. The van der Waals surface area contributed by atoms with Crippen molar-refractivity contribution in [2.45, 2.75) is 52.3 Å². The standard InChI is InChI=1S/C24H29NO4S/c1-14-12-19(16(3)25-30(27)24(4,5)6)23-20(13-14)21(26)15(2)22(29-23)17-8-10-18(28-7)11-9-17/h8-13,16,25H,1-7H3/t16-,30-/m1/s1. The van der Waals surface area contributed by atoms with Crippen molar-refractivity contribution in [1.82, 2.24) is 4.72 Å². The summed E-state index contributed by atoms with van der Waals surface area (Å²) in [6.45, 7) is 11.4. The van der Waals surface area contributed by atoms with Crippen LogP contribution in [0.15, 0.2) is 45.6 Å². The van der Waals surface area contributed by atoms with Gasteiger partial charge >= 0.3 is 0 Å². The second-order valence-electron chi connectivity index (χ2n) is 8.57. The second-order valence-corrected chi connectivity index (χ2v) is 10.6. The van der Waals surface area contributed by atoms with E-state index in [1.54, 1.807) is 14.0 Å². The first-order chi connectivity index (χ1) is 14.0. The van der Waals surface area contributed by atoms with Gasteiger partial charge in [0.15, 0.2) is 5.43 Å². The van der Waals surface area contributed by atoms with Crippen LogP contribution in [-0.4, -0.2) is 16.1 Å². The third kappa shape index (κ3) is 4.35. The van der Waals surface area contributed by atoms with Crippen LogP contribution in [-0.2, 0) is 11.0 Å². The van der Waals surface area contributed by atoms with Gasteiger partial charge in [-0.3, -0.25) is 4.79 Å². The molecule has 6 heteroatoms. The number of aryl methyl sites for hydroxylation is 1. The fourth-order valence-corrected chi connectivity index (χ4v) is 4.11. The smallest absolute Gasteiger partial charge is 0.196 e. The number of hydrogen-bond donors (Lipinski definition) is 1. The molecule has 5 nitrogen and oxygen atoms in total. The Morgan fingerprint density at radius 3 is 2.30 bits per heavy atom. The average Bonchev–Trinajstić information content (AvgIpc) is 2.69. The minimum absolute atomic E-state index is 0.0591. The zero-order chi connectivity index (χ0) is 22.2. The summed E-state index contributed by atoms with van der Waals surface area (Å²) in [5.74, 6) is 1.27. The number of benzene rings is 2. The predicted molar refractivity (Wildman–Crippen MR) is 123 cm³/mol. The lowest BCUT2D eigenvalue weighted by Gasteiger charge is -2.23. The van der Waals surface area contributed by atoms with Crippen LogP contribution in [0.1, 0.15) is 50.4 Å². The van der Waals surface area contributed by atoms with Crippen molar-refractivity contribution < 1.29 is 13.4 Å². The highest BCUT2D eigenvalue weighted by Crippen LogP contribution is 2.32. The van der Waals surface area contributed by atoms with E-state index in [0.29, 0.717) is 22.3 Å². The van der Waals surface area contributed by atoms with Gasteiger partial charge < -0.3 is 9.15 Å². The Kier molecular flexibility index (Phi) is 6.20. The summed E-state index contributed by atoms with van der Waals surface area (Å²) in [4.78, 5) is 13.2. The maximum atomic E-state index is 13.2. The summed E-state index contributed by atoms with van der Waals surface area (Å²) >= 11 is 0. The van der Waals surface area contributed by atoms with Gasteiger partial charge in [-0.15, -0.1) is 0 Å². The molecule has 0 radical (unpaired) electrons. The second kappa shape index (κ2) is 8.36. The Balaban J connectivity index is 2.20. The van der Waals surface area contributed by atoms with Gasteiger partial charge in [0.05, 0.1) is 28.2 Å². The monoisotopic (exact) mass is 427 g/mol. The minimum atomic E-state index is -1.26. The lowest BCUT2D eigenvalue weighted by molar-refractivity contribution is 0.415. The fraction of sp³-hybridized carbons (Fsp3) is 0.375. The van der Waals surface area contributed by atoms with Crippen LogP contribution in [0.4, 0.5) is 0 Å². The lowest BCUT2D eigenvalue weighted by atomic mass is 9.99. The first-order valence-electron chi connectivity index (χ1n) is 9.93. The number of fused-ring (bicyclic) bond motifs is 1. The largest absolute Gasteiger partial charge is 0.497 e. The van der Waals surface area contributed by atoms with Crippen LogP contribution in [0.25, 0.3) is 22.3 Å². The van der Waals surface area contributed by atoms with Crippen LogP contribution in [0.5, 0.6) is 5.75 Å². The molecule has 160 valence electrons. The van der Waals surface area contributed by atoms with E-state index in [1.807, 2.05) is 71.0 Å². The van der Waals surface area contributed by atoms with Gasteiger partial charge in [0.1, 0.15) is 17.1 Å². The van der Waals surface area contributed by atoms with E-state index >= 15 is 0 Å². The Morgan fingerprint density at radius 2 is 1.73 bits per heavy atom. The first kappa shape index (κ1) is 22.2. The molecule has 0 amide bonds. The van der Waals surface area contributed by atoms with E-state index in [-0.39, 0.29) is 11.5 Å². The molecule has 0 saturated heterocycles. The Labute approximate surface area is 180 Å². The van der Waals surface area contributed by atoms with Crippen molar-refractivity contribution in [3.8, 4) is 17.1 Å². The molecule has 30 heavy (non-hydrogen) atoms. The molecule has 0 aliphatic rings. The van der Waals surface area contributed by atoms with Crippen LogP contribution >= 0.6 is 0 Å². The highest BCUT2D eigenvalue weighted by Gasteiger charge is 2.24. The van der Waals surface area contributed by atoms with Gasteiger partial charge in [0.2, 0.25) is 0 Å². The lowest BCUT2D eigenvalue weighted by Crippen LogP contribution is -2.35. The summed E-state index contributed by atoms with van der Waals surface area (Å²) in [7, 11) is 0.356. The molecule has 0 saturated carbocycles. The minimum Gasteiger partial charge on any atom is -0.497 e. The van der Waals surface area contributed by atoms with Gasteiger partial charge in [-0.05, 0) is 77.4 Å². The number of methoxy groups -OCH3 is 1. The third-order valence-corrected chi connectivity index (χ3v) is 6.73.